The topological polar surface area (TPSA) is 29.5 Å². The van der Waals surface area contributed by atoms with Crippen molar-refractivity contribution in [3.05, 3.63) is 0 Å². The summed E-state index contributed by atoms with van der Waals surface area (Å²) in [6.07, 6.45) is 0.365. The Hall–Kier alpha value is 0.210. The minimum absolute atomic E-state index is 0.365. The van der Waals surface area contributed by atoms with Gasteiger partial charge in [-0.15, -0.1) is 0 Å². The zero-order valence-electron chi connectivity index (χ0n) is 6.15. The van der Waals surface area contributed by atoms with E-state index in [-0.39, 0.29) is 0 Å². The normalized spacial score (nSPS) is 15.2. The molecule has 1 unspecified atom stereocenters. The summed E-state index contributed by atoms with van der Waals surface area (Å²) in [4.78, 5) is 0. The quantitative estimate of drug-likeness (QED) is 0.470. The molecule has 0 rings (SSSR count). The van der Waals surface area contributed by atoms with E-state index in [9.17, 15) is 5.11 Å². The van der Waals surface area contributed by atoms with Crippen molar-refractivity contribution in [2.75, 3.05) is 6.61 Å². The Kier molecular flexibility index (Phi) is 5.04. The second kappa shape index (κ2) is 4.94. The minimum Gasteiger partial charge on any atom is -0.365 e. The van der Waals surface area contributed by atoms with E-state index >= 15 is 0 Å². The molecule has 0 bridgehead atoms. The molecule has 0 radical (unpaired) electrons. The molecular weight excluding hydrogens is 243 g/mol. The highest BCUT2D eigenvalue weighted by Crippen LogP contribution is 2.09. The molecule has 0 aromatic heterocycles. The van der Waals surface area contributed by atoms with Crippen LogP contribution in [0.25, 0.3) is 0 Å². The van der Waals surface area contributed by atoms with Crippen LogP contribution in [0.3, 0.4) is 0 Å². The number of rotatable bonds is 3. The average Bonchev–Trinajstić information content (AvgIpc) is 1.84. The van der Waals surface area contributed by atoms with Crippen molar-refractivity contribution in [3.8, 4) is 9.85 Å². The lowest BCUT2D eigenvalue weighted by Crippen LogP contribution is -2.27. The van der Waals surface area contributed by atoms with Gasteiger partial charge in [-0.3, -0.25) is 0 Å². The van der Waals surface area contributed by atoms with Crippen molar-refractivity contribution in [2.45, 2.75) is 26.1 Å². The number of hydrogen-bond acceptors (Lipinski definition) is 2. The summed E-state index contributed by atoms with van der Waals surface area (Å²) in [5.41, 5.74) is 0. The third kappa shape index (κ3) is 5.03. The SMILES string of the molecule is CCOC(C)(O)CC#CI. The molecule has 10 heavy (non-hydrogen) atoms. The van der Waals surface area contributed by atoms with E-state index in [4.69, 9.17) is 4.74 Å². The number of hydrogen-bond donors (Lipinski definition) is 1. The van der Waals surface area contributed by atoms with Gasteiger partial charge in [0.1, 0.15) is 0 Å². The highest BCUT2D eigenvalue weighted by atomic mass is 127. The van der Waals surface area contributed by atoms with Crippen LogP contribution >= 0.6 is 22.6 Å². The lowest BCUT2D eigenvalue weighted by Gasteiger charge is -2.19. The van der Waals surface area contributed by atoms with Crippen molar-refractivity contribution in [1.29, 1.82) is 0 Å². The molecule has 0 fully saturated rings. The highest BCUT2D eigenvalue weighted by Gasteiger charge is 2.17. The first-order valence-electron chi connectivity index (χ1n) is 3.07. The van der Waals surface area contributed by atoms with Crippen LogP contribution in [0.4, 0.5) is 0 Å². The van der Waals surface area contributed by atoms with Gasteiger partial charge >= 0.3 is 0 Å². The second-order valence-corrected chi connectivity index (χ2v) is 2.60. The molecule has 1 N–H and O–H groups in total. The van der Waals surface area contributed by atoms with Crippen molar-refractivity contribution in [1.82, 2.24) is 0 Å². The minimum atomic E-state index is -1.08. The molecule has 3 heteroatoms. The van der Waals surface area contributed by atoms with Crippen LogP contribution < -0.4 is 0 Å². The van der Waals surface area contributed by atoms with Crippen molar-refractivity contribution >= 4 is 22.6 Å². The highest BCUT2D eigenvalue weighted by molar-refractivity contribution is 14.1. The van der Waals surface area contributed by atoms with E-state index in [1.165, 1.54) is 0 Å². The largest absolute Gasteiger partial charge is 0.365 e. The molecule has 0 amide bonds. The van der Waals surface area contributed by atoms with Gasteiger partial charge in [-0.05, 0) is 17.8 Å². The van der Waals surface area contributed by atoms with Crippen molar-refractivity contribution in [3.63, 3.8) is 0 Å². The van der Waals surface area contributed by atoms with E-state index in [0.29, 0.717) is 13.0 Å². The summed E-state index contributed by atoms with van der Waals surface area (Å²) in [6, 6.07) is 0. The maximum atomic E-state index is 9.32. The zero-order chi connectivity index (χ0) is 8.04. The van der Waals surface area contributed by atoms with Gasteiger partial charge in [-0.2, -0.15) is 0 Å². The van der Waals surface area contributed by atoms with E-state index in [1.807, 2.05) is 29.5 Å². The molecule has 0 saturated heterocycles. The Labute approximate surface area is 75.1 Å². The zero-order valence-corrected chi connectivity index (χ0v) is 8.31. The van der Waals surface area contributed by atoms with Gasteiger partial charge in [0.2, 0.25) is 0 Å². The number of halogens is 1. The maximum absolute atomic E-state index is 9.32. The van der Waals surface area contributed by atoms with Crippen LogP contribution in [0.15, 0.2) is 0 Å². The Morgan fingerprint density at radius 2 is 2.30 bits per heavy atom. The average molecular weight is 254 g/mol. The molecule has 0 aromatic rings. The summed E-state index contributed by atoms with van der Waals surface area (Å²) in [5.74, 6) is 1.66. The molecule has 0 saturated carbocycles. The van der Waals surface area contributed by atoms with Gasteiger partial charge < -0.3 is 9.84 Å². The monoisotopic (exact) mass is 254 g/mol. The first-order chi connectivity index (χ1) is 4.62. The van der Waals surface area contributed by atoms with Crippen LogP contribution in [0.2, 0.25) is 0 Å². The maximum Gasteiger partial charge on any atom is 0.173 e. The molecule has 0 aliphatic carbocycles. The summed E-state index contributed by atoms with van der Waals surface area (Å²) in [5, 5.41) is 9.32. The molecule has 0 aliphatic rings. The Bertz CT molecular complexity index is 143. The Morgan fingerprint density at radius 1 is 1.70 bits per heavy atom. The van der Waals surface area contributed by atoms with Gasteiger partial charge in [-0.1, -0.05) is 5.92 Å². The van der Waals surface area contributed by atoms with Gasteiger partial charge in [0.25, 0.3) is 0 Å². The van der Waals surface area contributed by atoms with Gasteiger partial charge in [-0.25, -0.2) is 0 Å². The summed E-state index contributed by atoms with van der Waals surface area (Å²) in [6.45, 7) is 3.96. The summed E-state index contributed by atoms with van der Waals surface area (Å²) >= 11 is 1.93. The lowest BCUT2D eigenvalue weighted by molar-refractivity contribution is -0.182. The Balaban J connectivity index is 3.70. The van der Waals surface area contributed by atoms with Gasteiger partial charge in [0.05, 0.1) is 6.42 Å². The van der Waals surface area contributed by atoms with Crippen LogP contribution in [0, 0.1) is 9.85 Å². The number of ether oxygens (including phenoxy) is 1. The summed E-state index contributed by atoms with van der Waals surface area (Å²) in [7, 11) is 0. The summed E-state index contributed by atoms with van der Waals surface area (Å²) < 4.78 is 7.64. The molecule has 0 aliphatic heterocycles. The molecular formula is C7H11IO2. The van der Waals surface area contributed by atoms with Crippen LogP contribution in [0.5, 0.6) is 0 Å². The van der Waals surface area contributed by atoms with Crippen LogP contribution in [0.1, 0.15) is 20.3 Å². The van der Waals surface area contributed by atoms with Crippen LogP contribution in [-0.2, 0) is 4.74 Å². The predicted molar refractivity (Wildman–Crippen MR) is 48.7 cm³/mol. The fourth-order valence-electron chi connectivity index (χ4n) is 0.559. The fourth-order valence-corrected chi connectivity index (χ4v) is 0.750. The van der Waals surface area contributed by atoms with Crippen molar-refractivity contribution in [2.24, 2.45) is 0 Å². The lowest BCUT2D eigenvalue weighted by atomic mass is 10.2. The second-order valence-electron chi connectivity index (χ2n) is 2.06. The molecule has 58 valence electrons. The smallest absolute Gasteiger partial charge is 0.173 e. The van der Waals surface area contributed by atoms with Gasteiger partial charge in [0.15, 0.2) is 5.79 Å². The molecule has 1 atom stereocenters. The predicted octanol–water partition coefficient (Wildman–Crippen LogP) is 1.52. The standard InChI is InChI=1S/C7H11IO2/c1-3-10-7(2,9)5-4-6-8/h9H,3,5H2,1-2H3. The molecule has 0 heterocycles. The van der Waals surface area contributed by atoms with E-state index in [1.54, 1.807) is 6.92 Å². The van der Waals surface area contributed by atoms with Gasteiger partial charge in [0, 0.05) is 29.2 Å². The molecule has 0 spiro atoms. The fraction of sp³-hybridized carbons (Fsp3) is 0.714. The third-order valence-electron chi connectivity index (χ3n) is 0.938. The van der Waals surface area contributed by atoms with E-state index in [0.717, 1.165) is 0 Å². The van der Waals surface area contributed by atoms with Crippen LogP contribution in [-0.4, -0.2) is 17.5 Å². The third-order valence-corrected chi connectivity index (χ3v) is 1.32. The molecule has 0 aromatic carbocycles. The first-order valence-corrected chi connectivity index (χ1v) is 4.15. The van der Waals surface area contributed by atoms with E-state index in [2.05, 4.69) is 9.85 Å². The Morgan fingerprint density at radius 3 is 2.70 bits per heavy atom. The van der Waals surface area contributed by atoms with E-state index < -0.39 is 5.79 Å². The van der Waals surface area contributed by atoms with Crippen molar-refractivity contribution < 1.29 is 9.84 Å². The molecule has 2 nitrogen and oxygen atoms in total. The first kappa shape index (κ1) is 10.2. The number of aliphatic hydroxyl groups is 1.